The molecule has 4 rings (SSSR count). The zero-order valence-electron chi connectivity index (χ0n) is 11.6. The molecule has 6 nitrogen and oxygen atoms in total. The average molecular weight is 292 g/mol. The lowest BCUT2D eigenvalue weighted by atomic mass is 10.2. The van der Waals surface area contributed by atoms with Gasteiger partial charge in [0.2, 0.25) is 5.89 Å². The van der Waals surface area contributed by atoms with E-state index in [9.17, 15) is 0 Å². The Balaban J connectivity index is 1.53. The van der Waals surface area contributed by atoms with E-state index < -0.39 is 0 Å². The summed E-state index contributed by atoms with van der Waals surface area (Å²) >= 11 is 0. The van der Waals surface area contributed by atoms with Crippen molar-refractivity contribution in [2.75, 3.05) is 0 Å². The number of aromatic nitrogens is 4. The molecule has 0 unspecified atom stereocenters. The SMILES string of the molecule is c1ccc(OCc2nnc(-c3ccc4[nH]cnc4c3)o2)cc1. The van der Waals surface area contributed by atoms with Crippen LogP contribution >= 0.6 is 0 Å². The summed E-state index contributed by atoms with van der Waals surface area (Å²) in [7, 11) is 0. The molecule has 0 fully saturated rings. The lowest BCUT2D eigenvalue weighted by Gasteiger charge is -2.01. The van der Waals surface area contributed by atoms with E-state index in [4.69, 9.17) is 9.15 Å². The number of H-pyrrole nitrogens is 1. The van der Waals surface area contributed by atoms with Crippen LogP contribution in [0.1, 0.15) is 5.89 Å². The standard InChI is InChI=1S/C16H12N4O2/c1-2-4-12(5-3-1)21-9-15-19-20-16(22-15)11-6-7-13-14(8-11)18-10-17-13/h1-8,10H,9H2,(H,17,18). The van der Waals surface area contributed by atoms with E-state index in [0.717, 1.165) is 22.3 Å². The lowest BCUT2D eigenvalue weighted by Crippen LogP contribution is -1.95. The maximum atomic E-state index is 5.63. The van der Waals surface area contributed by atoms with Gasteiger partial charge in [-0.3, -0.25) is 0 Å². The Bertz CT molecular complexity index is 899. The van der Waals surface area contributed by atoms with Gasteiger partial charge in [0.15, 0.2) is 6.61 Å². The number of hydrogen-bond acceptors (Lipinski definition) is 5. The maximum Gasteiger partial charge on any atom is 0.254 e. The zero-order valence-corrected chi connectivity index (χ0v) is 11.6. The van der Waals surface area contributed by atoms with Crippen molar-refractivity contribution in [1.82, 2.24) is 20.2 Å². The Labute approximate surface area is 125 Å². The first kappa shape index (κ1) is 12.6. The van der Waals surface area contributed by atoms with Gasteiger partial charge in [0.1, 0.15) is 5.75 Å². The number of benzene rings is 2. The Morgan fingerprint density at radius 2 is 1.95 bits per heavy atom. The Morgan fingerprint density at radius 1 is 1.05 bits per heavy atom. The molecule has 2 aromatic carbocycles. The van der Waals surface area contributed by atoms with Crippen LogP contribution in [0.2, 0.25) is 0 Å². The van der Waals surface area contributed by atoms with Crippen LogP contribution in [0.3, 0.4) is 0 Å². The number of nitrogens with zero attached hydrogens (tertiary/aromatic N) is 3. The van der Waals surface area contributed by atoms with Crippen LogP contribution in [0.15, 0.2) is 59.3 Å². The number of ether oxygens (including phenoxy) is 1. The van der Waals surface area contributed by atoms with Gasteiger partial charge in [0.25, 0.3) is 5.89 Å². The smallest absolute Gasteiger partial charge is 0.254 e. The number of imidazole rings is 1. The van der Waals surface area contributed by atoms with Gasteiger partial charge in [0.05, 0.1) is 17.4 Å². The van der Waals surface area contributed by atoms with Gasteiger partial charge in [-0.05, 0) is 30.3 Å². The molecule has 6 heteroatoms. The molecular weight excluding hydrogens is 280 g/mol. The Hall–Kier alpha value is -3.15. The molecule has 0 aliphatic rings. The molecule has 108 valence electrons. The second-order valence-corrected chi connectivity index (χ2v) is 4.74. The molecule has 2 aromatic heterocycles. The fourth-order valence-corrected chi connectivity index (χ4v) is 2.16. The lowest BCUT2D eigenvalue weighted by molar-refractivity contribution is 0.264. The van der Waals surface area contributed by atoms with Gasteiger partial charge in [0, 0.05) is 5.56 Å². The summed E-state index contributed by atoms with van der Waals surface area (Å²) in [5, 5.41) is 8.06. The maximum absolute atomic E-state index is 5.63. The number of nitrogens with one attached hydrogen (secondary N) is 1. The Kier molecular flexibility index (Phi) is 3.05. The highest BCUT2D eigenvalue weighted by molar-refractivity contribution is 5.79. The summed E-state index contributed by atoms with van der Waals surface area (Å²) in [4.78, 5) is 7.26. The average Bonchev–Trinajstić information content (AvgIpc) is 3.22. The molecule has 0 saturated carbocycles. The predicted molar refractivity (Wildman–Crippen MR) is 80.2 cm³/mol. The van der Waals surface area contributed by atoms with Gasteiger partial charge in [-0.25, -0.2) is 4.98 Å². The zero-order chi connectivity index (χ0) is 14.8. The molecule has 0 atom stereocenters. The van der Waals surface area contributed by atoms with Crippen molar-refractivity contribution in [3.8, 4) is 17.2 Å². The first-order chi connectivity index (χ1) is 10.9. The predicted octanol–water partition coefficient (Wildman–Crippen LogP) is 3.19. The fourth-order valence-electron chi connectivity index (χ4n) is 2.16. The molecule has 4 aromatic rings. The van der Waals surface area contributed by atoms with Gasteiger partial charge in [-0.2, -0.15) is 0 Å². The van der Waals surface area contributed by atoms with Gasteiger partial charge < -0.3 is 14.1 Å². The van der Waals surface area contributed by atoms with Crippen molar-refractivity contribution in [1.29, 1.82) is 0 Å². The van der Waals surface area contributed by atoms with Crippen LogP contribution in [0, 0.1) is 0 Å². The second-order valence-electron chi connectivity index (χ2n) is 4.74. The summed E-state index contributed by atoms with van der Waals surface area (Å²) in [6.07, 6.45) is 1.65. The van der Waals surface area contributed by atoms with Crippen molar-refractivity contribution in [2.24, 2.45) is 0 Å². The van der Waals surface area contributed by atoms with Crippen LogP contribution in [0.25, 0.3) is 22.5 Å². The number of rotatable bonds is 4. The summed E-state index contributed by atoms with van der Waals surface area (Å²) in [6.45, 7) is 0.238. The highest BCUT2D eigenvalue weighted by Crippen LogP contribution is 2.22. The first-order valence-corrected chi connectivity index (χ1v) is 6.82. The molecule has 2 heterocycles. The number of hydrogen-bond donors (Lipinski definition) is 1. The summed E-state index contributed by atoms with van der Waals surface area (Å²) in [5.74, 6) is 1.65. The van der Waals surface area contributed by atoms with E-state index in [1.807, 2.05) is 48.5 Å². The fraction of sp³-hybridized carbons (Fsp3) is 0.0625. The highest BCUT2D eigenvalue weighted by atomic mass is 16.5. The van der Waals surface area contributed by atoms with Gasteiger partial charge in [-0.1, -0.05) is 18.2 Å². The minimum Gasteiger partial charge on any atom is -0.484 e. The monoisotopic (exact) mass is 292 g/mol. The molecule has 22 heavy (non-hydrogen) atoms. The van der Waals surface area contributed by atoms with Crippen LogP contribution in [0.5, 0.6) is 5.75 Å². The molecule has 0 aliphatic heterocycles. The highest BCUT2D eigenvalue weighted by Gasteiger charge is 2.10. The van der Waals surface area contributed by atoms with Gasteiger partial charge in [-0.15, -0.1) is 10.2 Å². The normalized spacial score (nSPS) is 10.9. The molecule has 0 radical (unpaired) electrons. The van der Waals surface area contributed by atoms with Crippen molar-refractivity contribution >= 4 is 11.0 Å². The summed E-state index contributed by atoms with van der Waals surface area (Å²) < 4.78 is 11.2. The minimum atomic E-state index is 0.238. The van der Waals surface area contributed by atoms with Crippen molar-refractivity contribution in [3.63, 3.8) is 0 Å². The number of aromatic amines is 1. The molecule has 0 spiro atoms. The summed E-state index contributed by atoms with van der Waals surface area (Å²) in [5.41, 5.74) is 2.66. The Morgan fingerprint density at radius 3 is 2.86 bits per heavy atom. The van der Waals surface area contributed by atoms with E-state index in [1.54, 1.807) is 6.33 Å². The van der Waals surface area contributed by atoms with E-state index in [0.29, 0.717) is 11.8 Å². The van der Waals surface area contributed by atoms with E-state index >= 15 is 0 Å². The molecule has 0 saturated heterocycles. The topological polar surface area (TPSA) is 76.8 Å². The number of fused-ring (bicyclic) bond motifs is 1. The van der Waals surface area contributed by atoms with E-state index in [1.165, 1.54) is 0 Å². The van der Waals surface area contributed by atoms with Crippen molar-refractivity contribution in [2.45, 2.75) is 6.61 Å². The van der Waals surface area contributed by atoms with Crippen molar-refractivity contribution < 1.29 is 9.15 Å². The minimum absolute atomic E-state index is 0.238. The van der Waals surface area contributed by atoms with Crippen LogP contribution < -0.4 is 4.74 Å². The van der Waals surface area contributed by atoms with E-state index in [2.05, 4.69) is 20.2 Å². The first-order valence-electron chi connectivity index (χ1n) is 6.82. The van der Waals surface area contributed by atoms with Crippen LogP contribution in [0.4, 0.5) is 0 Å². The molecule has 0 aliphatic carbocycles. The third-order valence-corrected chi connectivity index (χ3v) is 3.24. The number of para-hydroxylation sites is 1. The third-order valence-electron chi connectivity index (χ3n) is 3.24. The van der Waals surface area contributed by atoms with Crippen LogP contribution in [-0.2, 0) is 6.61 Å². The van der Waals surface area contributed by atoms with Crippen LogP contribution in [-0.4, -0.2) is 20.2 Å². The molecule has 0 bridgehead atoms. The molecule has 1 N–H and O–H groups in total. The van der Waals surface area contributed by atoms with Gasteiger partial charge >= 0.3 is 0 Å². The van der Waals surface area contributed by atoms with E-state index in [-0.39, 0.29) is 6.61 Å². The summed E-state index contributed by atoms with van der Waals surface area (Å²) in [6, 6.07) is 15.3. The second kappa shape index (κ2) is 5.33. The molecular formula is C16H12N4O2. The quantitative estimate of drug-likeness (QED) is 0.625. The van der Waals surface area contributed by atoms with Crippen molar-refractivity contribution in [3.05, 3.63) is 60.7 Å². The third kappa shape index (κ3) is 2.42. The largest absolute Gasteiger partial charge is 0.484 e. The molecule has 0 amide bonds.